The summed E-state index contributed by atoms with van der Waals surface area (Å²) in [6.45, 7) is 2.09. The molecule has 0 aliphatic heterocycles. The second-order valence-corrected chi connectivity index (χ2v) is 7.97. The molecule has 9 nitrogen and oxygen atoms in total. The van der Waals surface area contributed by atoms with Crippen LogP contribution in [0.3, 0.4) is 0 Å². The van der Waals surface area contributed by atoms with Gasteiger partial charge < -0.3 is 13.7 Å². The van der Waals surface area contributed by atoms with Gasteiger partial charge >= 0.3 is 11.9 Å². The van der Waals surface area contributed by atoms with Gasteiger partial charge in [0.05, 0.1) is 18.3 Å². The van der Waals surface area contributed by atoms with Gasteiger partial charge in [0.2, 0.25) is 0 Å². The molecule has 0 radical (unpaired) electrons. The van der Waals surface area contributed by atoms with E-state index in [1.54, 1.807) is 42.0 Å². The minimum Gasteiger partial charge on any atom is -0.462 e. The van der Waals surface area contributed by atoms with Crippen LogP contribution in [0.1, 0.15) is 33.4 Å². The summed E-state index contributed by atoms with van der Waals surface area (Å²) in [5.74, 6) is -1.35. The van der Waals surface area contributed by atoms with Crippen LogP contribution in [0.4, 0.5) is 0 Å². The highest BCUT2D eigenvalue weighted by atomic mass is 16.5. The highest BCUT2D eigenvalue weighted by molar-refractivity contribution is 5.95. The maximum absolute atomic E-state index is 13.4. The molecule has 180 valence electrons. The second-order valence-electron chi connectivity index (χ2n) is 7.97. The molecule has 0 bridgehead atoms. The molecule has 0 atom stereocenters. The van der Waals surface area contributed by atoms with Crippen molar-refractivity contribution < 1.29 is 18.7 Å². The van der Waals surface area contributed by atoms with E-state index in [-0.39, 0.29) is 34.4 Å². The van der Waals surface area contributed by atoms with E-state index in [1.165, 1.54) is 22.8 Å². The molecule has 0 aliphatic carbocycles. The topological polar surface area (TPSA) is 108 Å². The van der Waals surface area contributed by atoms with E-state index < -0.39 is 11.9 Å². The van der Waals surface area contributed by atoms with Crippen LogP contribution in [0.15, 0.2) is 93.4 Å². The number of aryl methyl sites for hydroxylation is 2. The number of fused-ring (bicyclic) bond motifs is 2. The summed E-state index contributed by atoms with van der Waals surface area (Å²) >= 11 is 0. The van der Waals surface area contributed by atoms with Crippen LogP contribution in [0.2, 0.25) is 0 Å². The number of hydrogen-bond donors (Lipinski definition) is 0. The minimum absolute atomic E-state index is 0.00732. The summed E-state index contributed by atoms with van der Waals surface area (Å²) in [4.78, 5) is 48.3. The van der Waals surface area contributed by atoms with Gasteiger partial charge in [0.1, 0.15) is 16.9 Å². The molecule has 0 unspecified atom stereocenters. The third-order valence-corrected chi connectivity index (χ3v) is 5.69. The summed E-state index contributed by atoms with van der Waals surface area (Å²) in [5.41, 5.74) is 1.45. The highest BCUT2D eigenvalue weighted by Crippen LogP contribution is 2.13. The molecule has 0 fully saturated rings. The lowest BCUT2D eigenvalue weighted by Crippen LogP contribution is -2.33. The standard InChI is InChI=1S/C27H22N4O5/c1-2-35-27(34)20-17-19-23(28-22-12-6-7-14-30(22)26(19)33)31(15-13-18-9-4-3-5-10-18)24(20)29-25(32)21-11-8-16-36-21/h3-12,14,16-17H,2,13,15H2,1H3. The number of pyridine rings is 2. The summed E-state index contributed by atoms with van der Waals surface area (Å²) in [7, 11) is 0. The Morgan fingerprint density at radius 3 is 2.61 bits per heavy atom. The Kier molecular flexibility index (Phi) is 6.27. The van der Waals surface area contributed by atoms with Gasteiger partial charge in [0.15, 0.2) is 11.2 Å². The van der Waals surface area contributed by atoms with E-state index in [1.807, 2.05) is 30.3 Å². The number of carbonyl (C=O) groups is 2. The first-order chi connectivity index (χ1) is 17.6. The van der Waals surface area contributed by atoms with Crippen LogP contribution in [0.25, 0.3) is 16.7 Å². The molecular weight excluding hydrogens is 460 g/mol. The van der Waals surface area contributed by atoms with Gasteiger partial charge in [-0.1, -0.05) is 36.4 Å². The van der Waals surface area contributed by atoms with E-state index >= 15 is 0 Å². The van der Waals surface area contributed by atoms with Crippen LogP contribution in [-0.2, 0) is 17.7 Å². The summed E-state index contributed by atoms with van der Waals surface area (Å²) in [6, 6.07) is 19.4. The molecule has 9 heteroatoms. The van der Waals surface area contributed by atoms with Crippen LogP contribution in [0, 0.1) is 0 Å². The first-order valence-corrected chi connectivity index (χ1v) is 11.5. The molecule has 4 aromatic heterocycles. The van der Waals surface area contributed by atoms with Crippen LogP contribution in [0.5, 0.6) is 0 Å². The Hall–Kier alpha value is -4.79. The van der Waals surface area contributed by atoms with Crippen molar-refractivity contribution in [2.45, 2.75) is 19.9 Å². The molecule has 36 heavy (non-hydrogen) atoms. The summed E-state index contributed by atoms with van der Waals surface area (Å²) in [6.07, 6.45) is 3.52. The first kappa shape index (κ1) is 23.0. The maximum Gasteiger partial charge on any atom is 0.341 e. The summed E-state index contributed by atoms with van der Waals surface area (Å²) in [5, 5.41) is 0.208. The molecule has 5 aromatic rings. The van der Waals surface area contributed by atoms with E-state index in [0.717, 1.165) is 5.56 Å². The lowest BCUT2D eigenvalue weighted by Gasteiger charge is -2.15. The van der Waals surface area contributed by atoms with Gasteiger partial charge in [0.25, 0.3) is 5.56 Å². The van der Waals surface area contributed by atoms with Crippen LogP contribution < -0.4 is 11.0 Å². The van der Waals surface area contributed by atoms with Crippen molar-refractivity contribution in [3.8, 4) is 0 Å². The third-order valence-electron chi connectivity index (χ3n) is 5.69. The Morgan fingerprint density at radius 1 is 1.06 bits per heavy atom. The Labute approximate surface area is 204 Å². The van der Waals surface area contributed by atoms with E-state index in [9.17, 15) is 14.4 Å². The fraction of sp³-hybridized carbons (Fsp3) is 0.148. The lowest BCUT2D eigenvalue weighted by molar-refractivity contribution is 0.0523. The predicted octanol–water partition coefficient (Wildman–Crippen LogP) is 3.40. The number of furan rings is 1. The predicted molar refractivity (Wildman–Crippen MR) is 132 cm³/mol. The maximum atomic E-state index is 13.4. The normalized spacial score (nSPS) is 11.8. The van der Waals surface area contributed by atoms with Gasteiger partial charge in [-0.2, -0.15) is 4.99 Å². The Bertz CT molecular complexity index is 1700. The van der Waals surface area contributed by atoms with Crippen molar-refractivity contribution in [2.75, 3.05) is 6.61 Å². The van der Waals surface area contributed by atoms with Crippen LogP contribution >= 0.6 is 0 Å². The molecule has 5 rings (SSSR count). The molecule has 0 aliphatic rings. The minimum atomic E-state index is -0.698. The monoisotopic (exact) mass is 482 g/mol. The smallest absolute Gasteiger partial charge is 0.341 e. The van der Waals surface area contributed by atoms with Crippen molar-refractivity contribution in [2.24, 2.45) is 4.99 Å². The van der Waals surface area contributed by atoms with E-state index in [0.29, 0.717) is 24.3 Å². The number of nitrogens with zero attached hydrogens (tertiary/aromatic N) is 4. The van der Waals surface area contributed by atoms with E-state index in [2.05, 4.69) is 4.99 Å². The zero-order valence-electron chi connectivity index (χ0n) is 19.5. The molecule has 0 N–H and O–H groups in total. The zero-order chi connectivity index (χ0) is 25.1. The van der Waals surface area contributed by atoms with Gasteiger partial charge in [-0.25, -0.2) is 9.78 Å². The Morgan fingerprint density at radius 2 is 1.86 bits per heavy atom. The lowest BCUT2D eigenvalue weighted by atomic mass is 10.1. The average molecular weight is 482 g/mol. The largest absolute Gasteiger partial charge is 0.462 e. The number of esters is 1. The number of amides is 1. The van der Waals surface area contributed by atoms with Gasteiger partial charge in [-0.05, 0) is 49.2 Å². The molecule has 4 heterocycles. The van der Waals surface area contributed by atoms with Gasteiger partial charge in [-0.3, -0.25) is 14.0 Å². The van der Waals surface area contributed by atoms with Crippen LogP contribution in [-0.4, -0.2) is 32.4 Å². The number of carbonyl (C=O) groups excluding carboxylic acids is 2. The summed E-state index contributed by atoms with van der Waals surface area (Å²) < 4.78 is 13.5. The molecule has 0 spiro atoms. The second kappa shape index (κ2) is 9.83. The number of aromatic nitrogens is 3. The first-order valence-electron chi connectivity index (χ1n) is 11.5. The van der Waals surface area contributed by atoms with Crippen molar-refractivity contribution in [3.63, 3.8) is 0 Å². The Balaban J connectivity index is 1.84. The fourth-order valence-electron chi connectivity index (χ4n) is 4.01. The third kappa shape index (κ3) is 4.34. The van der Waals surface area contributed by atoms with Gasteiger partial charge in [-0.15, -0.1) is 0 Å². The zero-order valence-corrected chi connectivity index (χ0v) is 19.5. The SMILES string of the molecule is CCOC(=O)c1cc2c(=O)n3ccccc3nc2n(CCc2ccccc2)c1=NC(=O)c1ccco1. The molecule has 1 amide bonds. The van der Waals surface area contributed by atoms with Crippen molar-refractivity contribution in [1.29, 1.82) is 0 Å². The molecule has 1 aromatic carbocycles. The number of rotatable bonds is 6. The average Bonchev–Trinajstić information content (AvgIpc) is 3.44. The fourth-order valence-corrected chi connectivity index (χ4v) is 4.01. The number of ether oxygens (including phenoxy) is 1. The highest BCUT2D eigenvalue weighted by Gasteiger charge is 2.20. The van der Waals surface area contributed by atoms with Crippen molar-refractivity contribution in [3.05, 3.63) is 112 Å². The van der Waals surface area contributed by atoms with Crippen molar-refractivity contribution in [1.82, 2.24) is 14.0 Å². The van der Waals surface area contributed by atoms with Gasteiger partial charge in [0, 0.05) is 12.7 Å². The molecule has 0 saturated heterocycles. The quantitative estimate of drug-likeness (QED) is 0.271. The number of benzene rings is 1. The molecule has 0 saturated carbocycles. The molecular formula is C27H22N4O5. The van der Waals surface area contributed by atoms with Crippen molar-refractivity contribution >= 4 is 28.6 Å². The number of hydrogen-bond acceptors (Lipinski definition) is 6. The van der Waals surface area contributed by atoms with E-state index in [4.69, 9.17) is 14.1 Å².